The van der Waals surface area contributed by atoms with Crippen molar-refractivity contribution in [3.05, 3.63) is 70.8 Å². The zero-order chi connectivity index (χ0) is 16.6. The van der Waals surface area contributed by atoms with Crippen LogP contribution < -0.4 is 5.32 Å². The van der Waals surface area contributed by atoms with E-state index in [1.54, 1.807) is 0 Å². The Labute approximate surface area is 144 Å². The van der Waals surface area contributed by atoms with Gasteiger partial charge in [0.2, 0.25) is 0 Å². The van der Waals surface area contributed by atoms with Crippen LogP contribution in [0.15, 0.2) is 48.5 Å². The topological polar surface area (TPSA) is 32.3 Å². The highest BCUT2D eigenvalue weighted by atomic mass is 16.3. The van der Waals surface area contributed by atoms with Crippen LogP contribution in [0, 0.1) is 5.41 Å². The van der Waals surface area contributed by atoms with Gasteiger partial charge in [0.05, 0.1) is 0 Å². The molecule has 2 aromatic rings. The number of phenolic OH excluding ortho intramolecular Hbond substituents is 1. The summed E-state index contributed by atoms with van der Waals surface area (Å²) in [7, 11) is 0. The van der Waals surface area contributed by atoms with E-state index in [0.29, 0.717) is 5.75 Å². The number of nitrogens with one attached hydrogen (secondary N) is 1. The number of aromatic hydroxyl groups is 1. The van der Waals surface area contributed by atoms with E-state index in [4.69, 9.17) is 0 Å². The lowest BCUT2D eigenvalue weighted by atomic mass is 9.67. The van der Waals surface area contributed by atoms with Crippen molar-refractivity contribution in [3.8, 4) is 5.75 Å². The number of fused-ring (bicyclic) bond motifs is 1. The number of phenols is 1. The first kappa shape index (κ1) is 15.5. The van der Waals surface area contributed by atoms with Crippen molar-refractivity contribution in [2.45, 2.75) is 32.6 Å². The zero-order valence-corrected chi connectivity index (χ0v) is 14.3. The molecule has 2 N–H and O–H groups in total. The highest BCUT2D eigenvalue weighted by Crippen LogP contribution is 2.46. The average molecular weight is 319 g/mol. The van der Waals surface area contributed by atoms with Crippen LogP contribution in [-0.2, 0) is 12.8 Å². The minimum atomic E-state index is 0.227. The Bertz CT molecular complexity index is 784. The molecule has 0 aromatic heterocycles. The predicted molar refractivity (Wildman–Crippen MR) is 99.2 cm³/mol. The average Bonchev–Trinajstić information content (AvgIpc) is 2.61. The maximum Gasteiger partial charge on any atom is 0.123 e. The quantitative estimate of drug-likeness (QED) is 0.864. The monoisotopic (exact) mass is 319 g/mol. The van der Waals surface area contributed by atoms with Crippen LogP contribution in [0.5, 0.6) is 5.75 Å². The van der Waals surface area contributed by atoms with E-state index >= 15 is 0 Å². The summed E-state index contributed by atoms with van der Waals surface area (Å²) < 4.78 is 0. The Morgan fingerprint density at radius 2 is 1.83 bits per heavy atom. The van der Waals surface area contributed by atoms with Gasteiger partial charge >= 0.3 is 0 Å². The van der Waals surface area contributed by atoms with E-state index in [1.807, 2.05) is 6.07 Å². The highest BCUT2D eigenvalue weighted by Gasteiger charge is 2.35. The fourth-order valence-electron chi connectivity index (χ4n) is 4.24. The third-order valence-electron chi connectivity index (χ3n) is 5.66. The van der Waals surface area contributed by atoms with Crippen LogP contribution in [0.3, 0.4) is 0 Å². The normalized spacial score (nSPS) is 19.0. The minimum absolute atomic E-state index is 0.227. The number of piperidine rings is 1. The predicted octanol–water partition coefficient (Wildman–Crippen LogP) is 4.31. The number of hydrogen-bond acceptors (Lipinski definition) is 2. The maximum atomic E-state index is 10.6. The van der Waals surface area contributed by atoms with Gasteiger partial charge in [-0.1, -0.05) is 49.4 Å². The van der Waals surface area contributed by atoms with E-state index in [-0.39, 0.29) is 5.41 Å². The second kappa shape index (κ2) is 6.10. The first-order chi connectivity index (χ1) is 11.7. The van der Waals surface area contributed by atoms with Gasteiger partial charge in [0.1, 0.15) is 5.75 Å². The van der Waals surface area contributed by atoms with Crippen LogP contribution in [0.25, 0.3) is 5.57 Å². The molecule has 1 aliphatic carbocycles. The number of rotatable bonds is 2. The summed E-state index contributed by atoms with van der Waals surface area (Å²) in [6.45, 7) is 4.27. The van der Waals surface area contributed by atoms with Crippen molar-refractivity contribution in [1.82, 2.24) is 5.32 Å². The Balaban J connectivity index is 1.86. The van der Waals surface area contributed by atoms with Gasteiger partial charge in [-0.05, 0) is 72.5 Å². The second-order valence-corrected chi connectivity index (χ2v) is 7.21. The summed E-state index contributed by atoms with van der Waals surface area (Å²) in [6.07, 6.45) is 6.84. The molecule has 2 nitrogen and oxygen atoms in total. The van der Waals surface area contributed by atoms with E-state index in [1.165, 1.54) is 35.1 Å². The van der Waals surface area contributed by atoms with Gasteiger partial charge in [-0.25, -0.2) is 0 Å². The molecule has 24 heavy (non-hydrogen) atoms. The largest absolute Gasteiger partial charge is 0.507 e. The van der Waals surface area contributed by atoms with Crippen LogP contribution in [0.2, 0.25) is 0 Å². The van der Waals surface area contributed by atoms with Gasteiger partial charge in [-0.2, -0.15) is 0 Å². The molecule has 0 saturated carbocycles. The summed E-state index contributed by atoms with van der Waals surface area (Å²) in [4.78, 5) is 0. The lowest BCUT2D eigenvalue weighted by Crippen LogP contribution is -2.38. The molecule has 2 heteroatoms. The molecule has 1 aliphatic heterocycles. The molecule has 0 atom stereocenters. The molecule has 2 aliphatic rings. The fraction of sp³-hybridized carbons (Fsp3) is 0.364. The maximum absolute atomic E-state index is 10.6. The molecule has 1 saturated heterocycles. The van der Waals surface area contributed by atoms with Crippen LogP contribution in [0.1, 0.15) is 42.0 Å². The summed E-state index contributed by atoms with van der Waals surface area (Å²) in [6, 6.07) is 14.8. The molecule has 0 unspecified atom stereocenters. The smallest absolute Gasteiger partial charge is 0.123 e. The molecule has 0 radical (unpaired) electrons. The molecule has 1 heterocycles. The summed E-state index contributed by atoms with van der Waals surface area (Å²) in [5, 5.41) is 14.1. The second-order valence-electron chi connectivity index (χ2n) is 7.21. The minimum Gasteiger partial charge on any atom is -0.507 e. The summed E-state index contributed by atoms with van der Waals surface area (Å²) in [5.41, 5.74) is 6.27. The standard InChI is InChI=1S/C22H25NO/c1-2-16-7-8-19(21(24)13-16)20-15-22(9-11-23-12-10-22)14-17-5-3-4-6-18(17)20/h3-8,13,15,23-24H,2,9-12,14H2,1H3. The fourth-order valence-corrected chi connectivity index (χ4v) is 4.24. The van der Waals surface area contributed by atoms with E-state index < -0.39 is 0 Å². The zero-order valence-electron chi connectivity index (χ0n) is 14.3. The van der Waals surface area contributed by atoms with Crippen molar-refractivity contribution in [2.24, 2.45) is 5.41 Å². The van der Waals surface area contributed by atoms with Crippen LogP contribution in [-0.4, -0.2) is 18.2 Å². The molecular formula is C22H25NO. The molecule has 1 fully saturated rings. The van der Waals surface area contributed by atoms with Crippen molar-refractivity contribution in [1.29, 1.82) is 0 Å². The van der Waals surface area contributed by atoms with Gasteiger partial charge in [0.15, 0.2) is 0 Å². The molecule has 1 spiro atoms. The number of aryl methyl sites for hydroxylation is 1. The number of hydrogen-bond donors (Lipinski definition) is 2. The number of benzene rings is 2. The summed E-state index contributed by atoms with van der Waals surface area (Å²) >= 11 is 0. The third kappa shape index (κ3) is 2.65. The van der Waals surface area contributed by atoms with Gasteiger partial charge in [-0.15, -0.1) is 0 Å². The first-order valence-electron chi connectivity index (χ1n) is 9.05. The van der Waals surface area contributed by atoms with E-state index in [9.17, 15) is 5.11 Å². The van der Waals surface area contributed by atoms with Crippen molar-refractivity contribution >= 4 is 5.57 Å². The Kier molecular flexibility index (Phi) is 3.93. The lowest BCUT2D eigenvalue weighted by molar-refractivity contribution is 0.268. The van der Waals surface area contributed by atoms with E-state index in [2.05, 4.69) is 54.7 Å². The Hall–Kier alpha value is -2.06. The van der Waals surface area contributed by atoms with Crippen molar-refractivity contribution in [3.63, 3.8) is 0 Å². The van der Waals surface area contributed by atoms with Crippen molar-refractivity contribution in [2.75, 3.05) is 13.1 Å². The highest BCUT2D eigenvalue weighted by molar-refractivity contribution is 5.86. The first-order valence-corrected chi connectivity index (χ1v) is 9.05. The van der Waals surface area contributed by atoms with Gasteiger partial charge in [-0.3, -0.25) is 0 Å². The van der Waals surface area contributed by atoms with Gasteiger partial charge in [0, 0.05) is 5.56 Å². The summed E-state index contributed by atoms with van der Waals surface area (Å²) in [5.74, 6) is 0.404. The molecule has 0 amide bonds. The van der Waals surface area contributed by atoms with Gasteiger partial charge in [0.25, 0.3) is 0 Å². The molecule has 124 valence electrons. The van der Waals surface area contributed by atoms with Gasteiger partial charge < -0.3 is 10.4 Å². The van der Waals surface area contributed by atoms with Crippen molar-refractivity contribution < 1.29 is 5.11 Å². The van der Waals surface area contributed by atoms with E-state index in [0.717, 1.165) is 31.5 Å². The lowest BCUT2D eigenvalue weighted by Gasteiger charge is -2.40. The van der Waals surface area contributed by atoms with Crippen LogP contribution >= 0.6 is 0 Å². The molecule has 4 rings (SSSR count). The molecule has 0 bridgehead atoms. The van der Waals surface area contributed by atoms with Crippen LogP contribution in [0.4, 0.5) is 0 Å². The molecule has 2 aromatic carbocycles. The molecular weight excluding hydrogens is 294 g/mol. The Morgan fingerprint density at radius 3 is 2.58 bits per heavy atom. The number of allylic oxidation sites excluding steroid dienone is 1. The third-order valence-corrected chi connectivity index (χ3v) is 5.66. The SMILES string of the molecule is CCc1ccc(C2=CC3(CCNCC3)Cc3ccccc32)c(O)c1. The Morgan fingerprint density at radius 1 is 1.04 bits per heavy atom.